The van der Waals surface area contributed by atoms with Gasteiger partial charge in [-0.25, -0.2) is 9.78 Å². The van der Waals surface area contributed by atoms with E-state index in [2.05, 4.69) is 15.3 Å². The second-order valence-corrected chi connectivity index (χ2v) is 7.24. The number of rotatable bonds is 6. The van der Waals surface area contributed by atoms with Crippen LogP contribution < -0.4 is 21.3 Å². The van der Waals surface area contributed by atoms with E-state index in [0.717, 1.165) is 10.1 Å². The minimum Gasteiger partial charge on any atom is -0.495 e. The monoisotopic (exact) mass is 431 g/mol. The molecule has 0 bridgehead atoms. The number of nitrogens with one attached hydrogen (secondary N) is 1. The number of aromatic nitrogens is 4. The van der Waals surface area contributed by atoms with Gasteiger partial charge in [-0.15, -0.1) is 0 Å². The number of pyridine rings is 2. The van der Waals surface area contributed by atoms with Crippen molar-refractivity contribution in [3.8, 4) is 5.75 Å². The van der Waals surface area contributed by atoms with Crippen LogP contribution in [0.15, 0.2) is 70.6 Å². The number of carbonyl (C=O) groups excluding carboxylic acids is 1. The molecule has 1 amide bonds. The number of amides is 1. The fraction of sp³-hybridized carbons (Fsp3) is 0.174. The van der Waals surface area contributed by atoms with Gasteiger partial charge in [-0.1, -0.05) is 12.1 Å². The summed E-state index contributed by atoms with van der Waals surface area (Å²) in [5.74, 6) is 0.0668. The van der Waals surface area contributed by atoms with Crippen molar-refractivity contribution in [2.24, 2.45) is 0 Å². The van der Waals surface area contributed by atoms with Gasteiger partial charge in [0.05, 0.1) is 24.9 Å². The lowest BCUT2D eigenvalue weighted by molar-refractivity contribution is -0.116. The average molecular weight is 431 g/mol. The lowest BCUT2D eigenvalue weighted by Gasteiger charge is -2.15. The minimum atomic E-state index is -0.606. The van der Waals surface area contributed by atoms with Crippen molar-refractivity contribution < 1.29 is 9.53 Å². The quantitative estimate of drug-likeness (QED) is 0.500. The third-order valence-electron chi connectivity index (χ3n) is 4.98. The van der Waals surface area contributed by atoms with Crippen molar-refractivity contribution in [1.82, 2.24) is 19.1 Å². The van der Waals surface area contributed by atoms with E-state index in [9.17, 15) is 14.4 Å². The molecule has 1 aromatic carbocycles. The summed E-state index contributed by atoms with van der Waals surface area (Å²) in [7, 11) is 1.51. The van der Waals surface area contributed by atoms with Gasteiger partial charge < -0.3 is 10.1 Å². The van der Waals surface area contributed by atoms with Crippen LogP contribution >= 0.6 is 0 Å². The Kier molecular flexibility index (Phi) is 5.80. The van der Waals surface area contributed by atoms with E-state index in [1.54, 1.807) is 48.8 Å². The number of nitrogens with zero attached hydrogens (tertiary/aromatic N) is 4. The van der Waals surface area contributed by atoms with Gasteiger partial charge in [-0.05, 0) is 48.4 Å². The Balaban J connectivity index is 1.75. The molecule has 4 rings (SSSR count). The molecule has 9 heteroatoms. The molecular weight excluding hydrogens is 410 g/mol. The number of aryl methyl sites for hydroxylation is 1. The van der Waals surface area contributed by atoms with Gasteiger partial charge in [0, 0.05) is 18.6 Å². The molecule has 0 unspecified atom stereocenters. The molecule has 9 nitrogen and oxygen atoms in total. The fourth-order valence-corrected chi connectivity index (χ4v) is 3.46. The van der Waals surface area contributed by atoms with Crippen LogP contribution in [0, 0.1) is 6.92 Å². The minimum absolute atomic E-state index is 0.0192. The number of anilines is 1. The highest BCUT2D eigenvalue weighted by Crippen LogP contribution is 2.25. The highest BCUT2D eigenvalue weighted by molar-refractivity contribution is 5.93. The maximum atomic E-state index is 13.2. The maximum Gasteiger partial charge on any atom is 0.332 e. The summed E-state index contributed by atoms with van der Waals surface area (Å²) in [5, 5.41) is 2.79. The Morgan fingerprint density at radius 2 is 1.91 bits per heavy atom. The van der Waals surface area contributed by atoms with E-state index in [1.807, 2.05) is 13.0 Å². The lowest BCUT2D eigenvalue weighted by atomic mass is 10.2. The predicted octanol–water partition coefficient (Wildman–Crippen LogP) is 1.96. The molecule has 0 atom stereocenters. The van der Waals surface area contributed by atoms with Crippen LogP contribution in [-0.2, 0) is 17.9 Å². The van der Waals surface area contributed by atoms with Gasteiger partial charge in [-0.2, -0.15) is 0 Å². The first-order valence-corrected chi connectivity index (χ1v) is 9.89. The summed E-state index contributed by atoms with van der Waals surface area (Å²) in [5.41, 5.74) is 1.39. The van der Waals surface area contributed by atoms with Crippen LogP contribution in [0.3, 0.4) is 0 Å². The SMILES string of the molecule is COc1ccc(C)cc1NC(=O)Cn1c(=O)n(Cc2cccnc2)c(=O)c2ncccc21. The van der Waals surface area contributed by atoms with Crippen molar-refractivity contribution in [2.75, 3.05) is 12.4 Å². The lowest BCUT2D eigenvalue weighted by Crippen LogP contribution is -2.42. The third-order valence-corrected chi connectivity index (χ3v) is 4.98. The van der Waals surface area contributed by atoms with Crippen LogP contribution in [-0.4, -0.2) is 32.1 Å². The molecule has 1 N–H and O–H groups in total. The summed E-state index contributed by atoms with van der Waals surface area (Å²) in [4.78, 5) is 47.2. The summed E-state index contributed by atoms with van der Waals surface area (Å²) in [6.45, 7) is 1.61. The van der Waals surface area contributed by atoms with E-state index in [1.165, 1.54) is 17.9 Å². The summed E-state index contributed by atoms with van der Waals surface area (Å²) >= 11 is 0. The molecule has 3 aromatic heterocycles. The van der Waals surface area contributed by atoms with E-state index < -0.39 is 17.2 Å². The van der Waals surface area contributed by atoms with Crippen LogP contribution in [0.2, 0.25) is 0 Å². The van der Waals surface area contributed by atoms with E-state index in [-0.39, 0.29) is 24.1 Å². The van der Waals surface area contributed by atoms with Crippen molar-refractivity contribution in [3.05, 3.63) is 93.0 Å². The molecule has 0 aliphatic heterocycles. The largest absolute Gasteiger partial charge is 0.495 e. The summed E-state index contributed by atoms with van der Waals surface area (Å²) in [6, 6.07) is 12.1. The van der Waals surface area contributed by atoms with E-state index in [4.69, 9.17) is 4.74 Å². The second kappa shape index (κ2) is 8.84. The highest BCUT2D eigenvalue weighted by Gasteiger charge is 2.17. The molecule has 0 aliphatic rings. The van der Waals surface area contributed by atoms with Crippen molar-refractivity contribution in [1.29, 1.82) is 0 Å². The number of methoxy groups -OCH3 is 1. The smallest absolute Gasteiger partial charge is 0.332 e. The zero-order valence-electron chi connectivity index (χ0n) is 17.6. The number of benzene rings is 1. The summed E-state index contributed by atoms with van der Waals surface area (Å²) < 4.78 is 7.61. The molecule has 0 spiro atoms. The maximum absolute atomic E-state index is 13.2. The third kappa shape index (κ3) is 4.13. The van der Waals surface area contributed by atoms with Gasteiger partial charge >= 0.3 is 5.69 Å². The number of carbonyl (C=O) groups is 1. The number of fused-ring (bicyclic) bond motifs is 1. The van der Waals surface area contributed by atoms with Crippen molar-refractivity contribution in [2.45, 2.75) is 20.0 Å². The summed E-state index contributed by atoms with van der Waals surface area (Å²) in [6.07, 6.45) is 4.66. The zero-order chi connectivity index (χ0) is 22.7. The predicted molar refractivity (Wildman–Crippen MR) is 120 cm³/mol. The van der Waals surface area contributed by atoms with Crippen LogP contribution in [0.25, 0.3) is 11.0 Å². The molecule has 3 heterocycles. The van der Waals surface area contributed by atoms with Gasteiger partial charge in [0.1, 0.15) is 12.3 Å². The Morgan fingerprint density at radius 1 is 1.09 bits per heavy atom. The van der Waals surface area contributed by atoms with Crippen molar-refractivity contribution in [3.63, 3.8) is 0 Å². The molecule has 32 heavy (non-hydrogen) atoms. The van der Waals surface area contributed by atoms with Gasteiger partial charge in [-0.3, -0.25) is 23.7 Å². The fourth-order valence-electron chi connectivity index (χ4n) is 3.46. The first-order valence-electron chi connectivity index (χ1n) is 9.89. The molecule has 4 aromatic rings. The number of ether oxygens (including phenoxy) is 1. The zero-order valence-corrected chi connectivity index (χ0v) is 17.6. The number of hydrogen-bond acceptors (Lipinski definition) is 6. The first-order chi connectivity index (χ1) is 15.5. The topological polar surface area (TPSA) is 108 Å². The number of hydrogen-bond donors (Lipinski definition) is 1. The van der Waals surface area contributed by atoms with Gasteiger partial charge in [0.15, 0.2) is 5.52 Å². The van der Waals surface area contributed by atoms with E-state index in [0.29, 0.717) is 17.0 Å². The van der Waals surface area contributed by atoms with Crippen molar-refractivity contribution >= 4 is 22.6 Å². The highest BCUT2D eigenvalue weighted by atomic mass is 16.5. The Morgan fingerprint density at radius 3 is 2.66 bits per heavy atom. The van der Waals surface area contributed by atoms with Gasteiger partial charge in [0.25, 0.3) is 5.56 Å². The standard InChI is InChI=1S/C23H21N5O4/c1-15-7-8-19(32-2)17(11-15)26-20(29)14-27-18-6-4-10-25-21(18)22(30)28(23(27)31)13-16-5-3-9-24-12-16/h3-12H,13-14H2,1-2H3,(H,26,29). The molecule has 0 saturated heterocycles. The molecule has 162 valence electrons. The molecular formula is C23H21N5O4. The Bertz CT molecular complexity index is 1410. The first kappa shape index (κ1) is 21.0. The molecule has 0 saturated carbocycles. The molecule has 0 fully saturated rings. The van der Waals surface area contributed by atoms with Crippen LogP contribution in [0.5, 0.6) is 5.75 Å². The van der Waals surface area contributed by atoms with Crippen LogP contribution in [0.4, 0.5) is 5.69 Å². The molecule has 0 aliphatic carbocycles. The second-order valence-electron chi connectivity index (χ2n) is 7.24. The van der Waals surface area contributed by atoms with Crippen LogP contribution in [0.1, 0.15) is 11.1 Å². The normalized spacial score (nSPS) is 10.8. The Labute approximate surface area is 182 Å². The van der Waals surface area contributed by atoms with Gasteiger partial charge in [0.2, 0.25) is 5.91 Å². The molecule has 0 radical (unpaired) electrons. The van der Waals surface area contributed by atoms with E-state index >= 15 is 0 Å². The Hall–Kier alpha value is -4.27. The average Bonchev–Trinajstić information content (AvgIpc) is 2.80.